The molecule has 1 N–H and O–H groups in total. The van der Waals surface area contributed by atoms with E-state index in [1.165, 1.54) is 0 Å². The highest BCUT2D eigenvalue weighted by atomic mass is 35.5. The van der Waals surface area contributed by atoms with Crippen LogP contribution in [0.5, 0.6) is 5.75 Å². The Morgan fingerprint density at radius 2 is 2.14 bits per heavy atom. The highest BCUT2D eigenvalue weighted by Gasteiger charge is 2.34. The SMILES string of the molecule is COc1ccccc1NC(=O)N1CCC[C@H]1c1nc(-c2cccc(Cl)c2)no1. The summed E-state index contributed by atoms with van der Waals surface area (Å²) in [5, 5.41) is 7.56. The molecule has 1 atom stereocenters. The first-order valence-electron chi connectivity index (χ1n) is 8.96. The molecular weight excluding hydrogens is 380 g/mol. The lowest BCUT2D eigenvalue weighted by Crippen LogP contribution is -2.34. The van der Waals surface area contributed by atoms with Crippen molar-refractivity contribution in [3.8, 4) is 17.1 Å². The van der Waals surface area contributed by atoms with Crippen LogP contribution in [-0.2, 0) is 0 Å². The lowest BCUT2D eigenvalue weighted by Gasteiger charge is -2.22. The van der Waals surface area contributed by atoms with E-state index in [0.29, 0.717) is 34.7 Å². The molecule has 1 saturated heterocycles. The van der Waals surface area contributed by atoms with E-state index in [1.807, 2.05) is 24.3 Å². The molecule has 1 aliphatic rings. The molecule has 0 bridgehead atoms. The number of carbonyl (C=O) groups is 1. The second kappa shape index (κ2) is 7.90. The lowest BCUT2D eigenvalue weighted by molar-refractivity contribution is 0.193. The number of halogens is 1. The summed E-state index contributed by atoms with van der Waals surface area (Å²) in [5.41, 5.74) is 1.39. The van der Waals surface area contributed by atoms with Crippen molar-refractivity contribution >= 4 is 23.3 Å². The van der Waals surface area contributed by atoms with Gasteiger partial charge in [-0.05, 0) is 37.1 Å². The molecule has 1 aliphatic heterocycles. The summed E-state index contributed by atoms with van der Waals surface area (Å²) in [6.45, 7) is 0.612. The number of aromatic nitrogens is 2. The van der Waals surface area contributed by atoms with Gasteiger partial charge in [0.25, 0.3) is 0 Å². The van der Waals surface area contributed by atoms with Crippen molar-refractivity contribution in [1.82, 2.24) is 15.0 Å². The Bertz CT molecular complexity index is 991. The fraction of sp³-hybridized carbons (Fsp3) is 0.250. The first-order chi connectivity index (χ1) is 13.7. The van der Waals surface area contributed by atoms with Gasteiger partial charge in [-0.25, -0.2) is 4.79 Å². The van der Waals surface area contributed by atoms with Crippen LogP contribution in [0, 0.1) is 0 Å². The van der Waals surface area contributed by atoms with Crippen LogP contribution in [0.2, 0.25) is 5.02 Å². The predicted molar refractivity (Wildman–Crippen MR) is 105 cm³/mol. The van der Waals surface area contributed by atoms with Crippen LogP contribution in [0.3, 0.4) is 0 Å². The van der Waals surface area contributed by atoms with E-state index in [1.54, 1.807) is 36.3 Å². The van der Waals surface area contributed by atoms with Gasteiger partial charge in [0.05, 0.1) is 12.8 Å². The van der Waals surface area contributed by atoms with Crippen molar-refractivity contribution in [3.63, 3.8) is 0 Å². The summed E-state index contributed by atoms with van der Waals surface area (Å²) in [5.74, 6) is 1.48. The van der Waals surface area contributed by atoms with Crippen molar-refractivity contribution in [2.45, 2.75) is 18.9 Å². The standard InChI is InChI=1S/C20H19ClN4O3/c1-27-17-10-3-2-8-15(17)22-20(26)25-11-5-9-16(25)19-23-18(24-28-19)13-6-4-7-14(21)12-13/h2-4,6-8,10,12,16H,5,9,11H2,1H3,(H,22,26)/t16-/m0/s1. The van der Waals surface area contributed by atoms with Gasteiger partial charge in [-0.2, -0.15) is 4.98 Å². The first-order valence-corrected chi connectivity index (χ1v) is 9.33. The van der Waals surface area contributed by atoms with E-state index in [2.05, 4.69) is 15.5 Å². The van der Waals surface area contributed by atoms with Crippen LogP contribution in [0.25, 0.3) is 11.4 Å². The van der Waals surface area contributed by atoms with Gasteiger partial charge >= 0.3 is 6.03 Å². The van der Waals surface area contributed by atoms with E-state index in [0.717, 1.165) is 18.4 Å². The van der Waals surface area contributed by atoms with Crippen molar-refractivity contribution in [3.05, 3.63) is 59.4 Å². The van der Waals surface area contributed by atoms with Gasteiger partial charge in [0, 0.05) is 17.1 Å². The summed E-state index contributed by atoms with van der Waals surface area (Å²) in [7, 11) is 1.57. The molecule has 0 saturated carbocycles. The molecule has 2 amide bonds. The van der Waals surface area contributed by atoms with Crippen molar-refractivity contribution < 1.29 is 14.1 Å². The molecule has 1 aromatic heterocycles. The topological polar surface area (TPSA) is 80.5 Å². The highest BCUT2D eigenvalue weighted by Crippen LogP contribution is 2.33. The van der Waals surface area contributed by atoms with Crippen LogP contribution in [0.15, 0.2) is 53.1 Å². The molecule has 0 unspecified atom stereocenters. The Labute approximate surface area is 167 Å². The van der Waals surface area contributed by atoms with Gasteiger partial charge in [0.1, 0.15) is 11.8 Å². The monoisotopic (exact) mass is 398 g/mol. The summed E-state index contributed by atoms with van der Waals surface area (Å²) in [6.07, 6.45) is 1.62. The molecular formula is C20H19ClN4O3. The third-order valence-corrected chi connectivity index (χ3v) is 4.91. The quantitative estimate of drug-likeness (QED) is 0.684. The second-order valence-electron chi connectivity index (χ2n) is 6.45. The Hall–Kier alpha value is -3.06. The zero-order valence-corrected chi connectivity index (χ0v) is 16.0. The van der Waals surface area contributed by atoms with Gasteiger partial charge in [0.2, 0.25) is 11.7 Å². The van der Waals surface area contributed by atoms with E-state index in [4.69, 9.17) is 20.9 Å². The third kappa shape index (κ3) is 3.66. The molecule has 0 radical (unpaired) electrons. The number of methoxy groups -OCH3 is 1. The van der Waals surface area contributed by atoms with Crippen LogP contribution in [-0.4, -0.2) is 34.7 Å². The molecule has 8 heteroatoms. The fourth-order valence-electron chi connectivity index (χ4n) is 3.32. The normalized spacial score (nSPS) is 16.2. The second-order valence-corrected chi connectivity index (χ2v) is 6.88. The number of hydrogen-bond donors (Lipinski definition) is 1. The largest absolute Gasteiger partial charge is 0.495 e. The number of anilines is 1. The maximum atomic E-state index is 12.8. The zero-order valence-electron chi connectivity index (χ0n) is 15.3. The number of ether oxygens (including phenoxy) is 1. The summed E-state index contributed by atoms with van der Waals surface area (Å²) >= 11 is 6.04. The highest BCUT2D eigenvalue weighted by molar-refractivity contribution is 6.30. The van der Waals surface area contributed by atoms with Gasteiger partial charge in [-0.15, -0.1) is 0 Å². The van der Waals surface area contributed by atoms with Crippen molar-refractivity contribution in [2.75, 3.05) is 19.0 Å². The average molecular weight is 399 g/mol. The number of hydrogen-bond acceptors (Lipinski definition) is 5. The minimum atomic E-state index is -0.268. The van der Waals surface area contributed by atoms with Crippen LogP contribution >= 0.6 is 11.6 Å². The number of benzene rings is 2. The number of rotatable bonds is 4. The average Bonchev–Trinajstić information content (AvgIpc) is 3.38. The number of likely N-dealkylation sites (tertiary alicyclic amines) is 1. The summed E-state index contributed by atoms with van der Waals surface area (Å²) in [6, 6.07) is 14.0. The smallest absolute Gasteiger partial charge is 0.322 e. The first kappa shape index (κ1) is 18.3. The number of amides is 2. The maximum absolute atomic E-state index is 12.8. The van der Waals surface area contributed by atoms with E-state index in [-0.39, 0.29) is 12.1 Å². The predicted octanol–water partition coefficient (Wildman–Crippen LogP) is 4.77. The number of urea groups is 1. The fourth-order valence-corrected chi connectivity index (χ4v) is 3.51. The molecule has 3 aromatic rings. The Morgan fingerprint density at radius 1 is 1.29 bits per heavy atom. The minimum Gasteiger partial charge on any atom is -0.495 e. The minimum absolute atomic E-state index is 0.227. The van der Waals surface area contributed by atoms with Gasteiger partial charge in [-0.1, -0.05) is 41.0 Å². The molecule has 2 aromatic carbocycles. The van der Waals surface area contributed by atoms with Crippen molar-refractivity contribution in [2.24, 2.45) is 0 Å². The molecule has 1 fully saturated rings. The zero-order chi connectivity index (χ0) is 19.5. The Morgan fingerprint density at radius 3 is 2.96 bits per heavy atom. The van der Waals surface area contributed by atoms with E-state index in [9.17, 15) is 4.79 Å². The Kier molecular flexibility index (Phi) is 5.16. The number of carbonyl (C=O) groups excluding carboxylic acids is 1. The summed E-state index contributed by atoms with van der Waals surface area (Å²) < 4.78 is 10.8. The molecule has 144 valence electrons. The number of para-hydroxylation sites is 2. The molecule has 0 aliphatic carbocycles. The van der Waals surface area contributed by atoms with Gasteiger partial charge in [0.15, 0.2) is 0 Å². The van der Waals surface area contributed by atoms with Crippen LogP contribution in [0.1, 0.15) is 24.8 Å². The molecule has 7 nitrogen and oxygen atoms in total. The lowest BCUT2D eigenvalue weighted by atomic mass is 10.2. The number of nitrogens with zero attached hydrogens (tertiary/aromatic N) is 3. The van der Waals surface area contributed by atoms with Gasteiger partial charge < -0.3 is 19.5 Å². The number of nitrogens with one attached hydrogen (secondary N) is 1. The maximum Gasteiger partial charge on any atom is 0.322 e. The molecule has 4 rings (SSSR count). The van der Waals surface area contributed by atoms with Crippen LogP contribution in [0.4, 0.5) is 10.5 Å². The third-order valence-electron chi connectivity index (χ3n) is 4.67. The van der Waals surface area contributed by atoms with E-state index < -0.39 is 0 Å². The van der Waals surface area contributed by atoms with E-state index >= 15 is 0 Å². The summed E-state index contributed by atoms with van der Waals surface area (Å²) in [4.78, 5) is 19.0. The Balaban J connectivity index is 1.53. The van der Waals surface area contributed by atoms with Crippen LogP contribution < -0.4 is 10.1 Å². The molecule has 0 spiro atoms. The molecule has 2 heterocycles. The molecule has 28 heavy (non-hydrogen) atoms. The van der Waals surface area contributed by atoms with Crippen molar-refractivity contribution in [1.29, 1.82) is 0 Å². The van der Waals surface area contributed by atoms with Gasteiger partial charge in [-0.3, -0.25) is 0 Å².